The fraction of sp³-hybridized carbons (Fsp3) is 0.462. The van der Waals surface area contributed by atoms with Crippen molar-refractivity contribution in [3.05, 3.63) is 23.3 Å². The molecule has 1 aliphatic heterocycles. The summed E-state index contributed by atoms with van der Waals surface area (Å²) in [5, 5.41) is 0. The van der Waals surface area contributed by atoms with Crippen LogP contribution in [0.3, 0.4) is 0 Å². The zero-order valence-electron chi connectivity index (χ0n) is 10.4. The summed E-state index contributed by atoms with van der Waals surface area (Å²) in [7, 11) is 0. The van der Waals surface area contributed by atoms with Crippen molar-refractivity contribution in [3.8, 4) is 0 Å². The molecule has 18 heavy (non-hydrogen) atoms. The number of hydrogen-bond donors (Lipinski definition) is 2. The first-order valence-electron chi connectivity index (χ1n) is 6.02. The molecule has 1 aromatic carbocycles. The van der Waals surface area contributed by atoms with Gasteiger partial charge in [0.05, 0.1) is 30.2 Å². The van der Waals surface area contributed by atoms with E-state index in [2.05, 4.69) is 0 Å². The molecule has 1 aliphatic rings. The highest BCUT2D eigenvalue weighted by molar-refractivity contribution is 5.98. The van der Waals surface area contributed by atoms with Crippen molar-refractivity contribution in [2.24, 2.45) is 0 Å². The summed E-state index contributed by atoms with van der Waals surface area (Å²) in [4.78, 5) is 12.0. The molecule has 4 N–H and O–H groups in total. The molecule has 0 aromatic heterocycles. The number of esters is 1. The molecular formula is C13H18N2O3. The van der Waals surface area contributed by atoms with Crippen molar-refractivity contribution in [1.82, 2.24) is 0 Å². The predicted octanol–water partition coefficient (Wildman–Crippen LogP) is 1.50. The number of anilines is 2. The molecule has 5 nitrogen and oxygen atoms in total. The Bertz CT molecular complexity index is 454. The van der Waals surface area contributed by atoms with Gasteiger partial charge in [-0.3, -0.25) is 0 Å². The molecule has 0 radical (unpaired) electrons. The van der Waals surface area contributed by atoms with Crippen LogP contribution in [0.4, 0.5) is 11.4 Å². The maximum atomic E-state index is 12.0. The third-order valence-electron chi connectivity index (χ3n) is 3.02. The molecule has 0 unspecified atom stereocenters. The Labute approximate surface area is 106 Å². The molecule has 0 spiro atoms. The van der Waals surface area contributed by atoms with Gasteiger partial charge in [0.25, 0.3) is 0 Å². The van der Waals surface area contributed by atoms with E-state index < -0.39 is 5.97 Å². The van der Waals surface area contributed by atoms with Gasteiger partial charge in [-0.2, -0.15) is 0 Å². The topological polar surface area (TPSA) is 87.6 Å². The Morgan fingerprint density at radius 2 is 2.00 bits per heavy atom. The molecular weight excluding hydrogens is 232 g/mol. The van der Waals surface area contributed by atoms with Gasteiger partial charge in [0.15, 0.2) is 0 Å². The first-order chi connectivity index (χ1) is 8.58. The lowest BCUT2D eigenvalue weighted by Gasteiger charge is -2.22. The van der Waals surface area contributed by atoms with Crippen LogP contribution in [0, 0.1) is 6.92 Å². The summed E-state index contributed by atoms with van der Waals surface area (Å²) in [6, 6.07) is 3.44. The Kier molecular flexibility index (Phi) is 3.72. The van der Waals surface area contributed by atoms with E-state index in [1.165, 1.54) is 0 Å². The van der Waals surface area contributed by atoms with Crippen LogP contribution in [-0.4, -0.2) is 25.3 Å². The monoisotopic (exact) mass is 250 g/mol. The number of nitrogen functional groups attached to an aromatic ring is 2. The maximum Gasteiger partial charge on any atom is 0.340 e. The second-order valence-electron chi connectivity index (χ2n) is 4.53. The molecule has 1 heterocycles. The predicted molar refractivity (Wildman–Crippen MR) is 69.3 cm³/mol. The Balaban J connectivity index is 2.13. The molecule has 1 fully saturated rings. The second kappa shape index (κ2) is 5.27. The smallest absolute Gasteiger partial charge is 0.340 e. The standard InChI is InChI=1S/C13H18N2O3/c1-8-6-10(12(15)11(14)7-8)13(16)18-9-2-4-17-5-3-9/h6-7,9H,2-5,14-15H2,1H3. The number of carbonyl (C=O) groups is 1. The number of benzene rings is 1. The van der Waals surface area contributed by atoms with Crippen LogP contribution >= 0.6 is 0 Å². The van der Waals surface area contributed by atoms with E-state index in [1.54, 1.807) is 12.1 Å². The summed E-state index contributed by atoms with van der Waals surface area (Å²) in [5.74, 6) is -0.408. The van der Waals surface area contributed by atoms with Crippen molar-refractivity contribution >= 4 is 17.3 Å². The molecule has 5 heteroatoms. The number of rotatable bonds is 2. The lowest BCUT2D eigenvalue weighted by Crippen LogP contribution is -2.26. The average molecular weight is 250 g/mol. The summed E-state index contributed by atoms with van der Waals surface area (Å²) in [6.07, 6.45) is 1.37. The molecule has 0 saturated carbocycles. The van der Waals surface area contributed by atoms with E-state index in [0.29, 0.717) is 24.5 Å². The highest BCUT2D eigenvalue weighted by Gasteiger charge is 2.21. The van der Waals surface area contributed by atoms with E-state index in [-0.39, 0.29) is 11.8 Å². The molecule has 0 bridgehead atoms. The first-order valence-corrected chi connectivity index (χ1v) is 6.02. The first kappa shape index (κ1) is 12.7. The molecule has 1 saturated heterocycles. The molecule has 0 amide bonds. The van der Waals surface area contributed by atoms with Gasteiger partial charge in [-0.05, 0) is 24.6 Å². The van der Waals surface area contributed by atoms with Gasteiger partial charge in [-0.25, -0.2) is 4.79 Å². The third kappa shape index (κ3) is 2.73. The quantitative estimate of drug-likeness (QED) is 0.613. The zero-order chi connectivity index (χ0) is 13.1. The summed E-state index contributed by atoms with van der Waals surface area (Å²) in [6.45, 7) is 3.12. The van der Waals surface area contributed by atoms with Crippen molar-refractivity contribution in [2.45, 2.75) is 25.9 Å². The van der Waals surface area contributed by atoms with Crippen LogP contribution < -0.4 is 11.5 Å². The second-order valence-corrected chi connectivity index (χ2v) is 4.53. The van der Waals surface area contributed by atoms with E-state index in [1.807, 2.05) is 6.92 Å². The van der Waals surface area contributed by atoms with Crippen LogP contribution in [0.15, 0.2) is 12.1 Å². The molecule has 0 atom stereocenters. The van der Waals surface area contributed by atoms with Gasteiger partial charge in [0, 0.05) is 12.8 Å². The minimum Gasteiger partial charge on any atom is -0.459 e. The molecule has 98 valence electrons. The van der Waals surface area contributed by atoms with Crippen molar-refractivity contribution in [2.75, 3.05) is 24.7 Å². The van der Waals surface area contributed by atoms with Crippen molar-refractivity contribution in [3.63, 3.8) is 0 Å². The lowest BCUT2D eigenvalue weighted by molar-refractivity contribution is -0.0158. The number of carbonyl (C=O) groups excluding carboxylic acids is 1. The number of ether oxygens (including phenoxy) is 2. The van der Waals surface area contributed by atoms with Crippen LogP contribution in [0.25, 0.3) is 0 Å². The van der Waals surface area contributed by atoms with Crippen molar-refractivity contribution in [1.29, 1.82) is 0 Å². The number of hydrogen-bond acceptors (Lipinski definition) is 5. The Hall–Kier alpha value is -1.75. The van der Waals surface area contributed by atoms with E-state index in [0.717, 1.165) is 18.4 Å². The van der Waals surface area contributed by atoms with Gasteiger partial charge < -0.3 is 20.9 Å². The molecule has 1 aromatic rings. The van der Waals surface area contributed by atoms with Crippen LogP contribution in [0.1, 0.15) is 28.8 Å². The maximum absolute atomic E-state index is 12.0. The van der Waals surface area contributed by atoms with Gasteiger partial charge in [0.1, 0.15) is 6.10 Å². The highest BCUT2D eigenvalue weighted by atomic mass is 16.6. The Morgan fingerprint density at radius 3 is 2.67 bits per heavy atom. The van der Waals surface area contributed by atoms with E-state index in [4.69, 9.17) is 20.9 Å². The van der Waals surface area contributed by atoms with E-state index >= 15 is 0 Å². The van der Waals surface area contributed by atoms with E-state index in [9.17, 15) is 4.79 Å². The Morgan fingerprint density at radius 1 is 1.33 bits per heavy atom. The van der Waals surface area contributed by atoms with Crippen LogP contribution in [0.5, 0.6) is 0 Å². The zero-order valence-corrected chi connectivity index (χ0v) is 10.4. The SMILES string of the molecule is Cc1cc(N)c(N)c(C(=O)OC2CCOCC2)c1. The van der Waals surface area contributed by atoms with Gasteiger partial charge >= 0.3 is 5.97 Å². The number of aryl methyl sites for hydroxylation is 1. The fourth-order valence-electron chi connectivity index (χ4n) is 2.00. The van der Waals surface area contributed by atoms with Crippen LogP contribution in [-0.2, 0) is 9.47 Å². The van der Waals surface area contributed by atoms with Gasteiger partial charge in [0.2, 0.25) is 0 Å². The summed E-state index contributed by atoms with van der Waals surface area (Å²) in [5.41, 5.74) is 13.5. The largest absolute Gasteiger partial charge is 0.459 e. The highest BCUT2D eigenvalue weighted by Crippen LogP contribution is 2.24. The fourth-order valence-corrected chi connectivity index (χ4v) is 2.00. The minimum atomic E-state index is -0.408. The molecule has 2 rings (SSSR count). The average Bonchev–Trinajstić information content (AvgIpc) is 2.35. The van der Waals surface area contributed by atoms with Gasteiger partial charge in [-0.15, -0.1) is 0 Å². The van der Waals surface area contributed by atoms with Crippen molar-refractivity contribution < 1.29 is 14.3 Å². The lowest BCUT2D eigenvalue weighted by atomic mass is 10.1. The molecule has 0 aliphatic carbocycles. The van der Waals surface area contributed by atoms with Crippen LogP contribution in [0.2, 0.25) is 0 Å². The number of nitrogens with two attached hydrogens (primary N) is 2. The van der Waals surface area contributed by atoms with Gasteiger partial charge in [-0.1, -0.05) is 0 Å². The normalized spacial score (nSPS) is 16.5. The summed E-state index contributed by atoms with van der Waals surface area (Å²) >= 11 is 0. The minimum absolute atomic E-state index is 0.0904. The summed E-state index contributed by atoms with van der Waals surface area (Å²) < 4.78 is 10.6. The third-order valence-corrected chi connectivity index (χ3v) is 3.02.